The highest BCUT2D eigenvalue weighted by molar-refractivity contribution is 6.31. The van der Waals surface area contributed by atoms with Gasteiger partial charge in [-0.05, 0) is 48.2 Å². The molecule has 0 amide bonds. The van der Waals surface area contributed by atoms with Crippen molar-refractivity contribution in [3.8, 4) is 0 Å². The topological polar surface area (TPSA) is 20.2 Å². The Balaban J connectivity index is 2.36. The van der Waals surface area contributed by atoms with Crippen LogP contribution in [0, 0.1) is 12.7 Å². The summed E-state index contributed by atoms with van der Waals surface area (Å²) < 4.78 is 13.4. The van der Waals surface area contributed by atoms with Crippen molar-refractivity contribution in [2.75, 3.05) is 0 Å². The summed E-state index contributed by atoms with van der Waals surface area (Å²) in [5, 5.41) is 11.5. The fourth-order valence-corrected chi connectivity index (χ4v) is 2.62. The Hall–Kier alpha value is -1.38. The van der Waals surface area contributed by atoms with Gasteiger partial charge >= 0.3 is 0 Å². The molecule has 0 bridgehead atoms. The van der Waals surface area contributed by atoms with Crippen LogP contribution in [0.3, 0.4) is 0 Å². The van der Waals surface area contributed by atoms with Crippen molar-refractivity contribution >= 4 is 11.6 Å². The van der Waals surface area contributed by atoms with Gasteiger partial charge in [0.2, 0.25) is 0 Å². The van der Waals surface area contributed by atoms with Crippen LogP contribution in [0.5, 0.6) is 0 Å². The highest BCUT2D eigenvalue weighted by atomic mass is 35.5. The Bertz CT molecular complexity index is 612. The lowest BCUT2D eigenvalue weighted by Gasteiger charge is -2.28. The maximum Gasteiger partial charge on any atom is 0.123 e. The number of aryl methyl sites for hydroxylation is 1. The Labute approximate surface area is 124 Å². The van der Waals surface area contributed by atoms with Crippen molar-refractivity contribution in [1.82, 2.24) is 0 Å². The van der Waals surface area contributed by atoms with Gasteiger partial charge in [0.25, 0.3) is 0 Å². The standard InChI is InChI=1S/C17H18ClFO/c1-3-17(20,14-5-4-6-15(19)10-14)11-13-8-7-12(2)9-16(13)18/h4-10,20H,3,11H2,1-2H3. The molecule has 1 nitrogen and oxygen atoms in total. The highest BCUT2D eigenvalue weighted by Crippen LogP contribution is 2.32. The zero-order valence-corrected chi connectivity index (χ0v) is 12.4. The quantitative estimate of drug-likeness (QED) is 0.871. The zero-order valence-electron chi connectivity index (χ0n) is 11.7. The fourth-order valence-electron chi connectivity index (χ4n) is 2.32. The summed E-state index contributed by atoms with van der Waals surface area (Å²) in [5.41, 5.74) is 1.41. The van der Waals surface area contributed by atoms with Crippen LogP contribution in [0.25, 0.3) is 0 Å². The van der Waals surface area contributed by atoms with Gasteiger partial charge in [-0.3, -0.25) is 0 Å². The molecule has 1 N–H and O–H groups in total. The first-order valence-corrected chi connectivity index (χ1v) is 7.06. The van der Waals surface area contributed by atoms with Crippen LogP contribution in [0.15, 0.2) is 42.5 Å². The zero-order chi connectivity index (χ0) is 14.8. The van der Waals surface area contributed by atoms with Crippen molar-refractivity contribution in [3.63, 3.8) is 0 Å². The Morgan fingerprint density at radius 2 is 1.95 bits per heavy atom. The molecule has 0 saturated heterocycles. The van der Waals surface area contributed by atoms with Gasteiger partial charge in [0.15, 0.2) is 0 Å². The van der Waals surface area contributed by atoms with Crippen LogP contribution in [-0.4, -0.2) is 5.11 Å². The maximum atomic E-state index is 13.4. The van der Waals surface area contributed by atoms with Crippen LogP contribution in [-0.2, 0) is 12.0 Å². The average Bonchev–Trinajstić information content (AvgIpc) is 2.42. The van der Waals surface area contributed by atoms with Gasteiger partial charge in [-0.2, -0.15) is 0 Å². The first kappa shape index (κ1) is 15.0. The van der Waals surface area contributed by atoms with Gasteiger partial charge < -0.3 is 5.11 Å². The van der Waals surface area contributed by atoms with Crippen molar-refractivity contribution in [1.29, 1.82) is 0 Å². The van der Waals surface area contributed by atoms with Crippen LogP contribution in [0.2, 0.25) is 5.02 Å². The molecule has 2 aromatic carbocycles. The Kier molecular flexibility index (Phi) is 4.46. The Morgan fingerprint density at radius 1 is 1.20 bits per heavy atom. The molecule has 0 aliphatic heterocycles. The number of benzene rings is 2. The summed E-state index contributed by atoms with van der Waals surface area (Å²) in [6.07, 6.45) is 0.854. The molecule has 0 fully saturated rings. The first-order valence-electron chi connectivity index (χ1n) is 6.68. The van der Waals surface area contributed by atoms with E-state index in [9.17, 15) is 9.50 Å². The third kappa shape index (κ3) is 3.20. The van der Waals surface area contributed by atoms with Gasteiger partial charge in [0.05, 0.1) is 5.60 Å². The second-order valence-corrected chi connectivity index (χ2v) is 5.57. The lowest BCUT2D eigenvalue weighted by atomic mass is 9.85. The molecule has 0 radical (unpaired) electrons. The second kappa shape index (κ2) is 5.94. The van der Waals surface area contributed by atoms with E-state index < -0.39 is 5.60 Å². The number of hydrogen-bond acceptors (Lipinski definition) is 1. The number of aliphatic hydroxyl groups is 1. The van der Waals surface area contributed by atoms with Crippen LogP contribution in [0.4, 0.5) is 4.39 Å². The smallest absolute Gasteiger partial charge is 0.123 e. The lowest BCUT2D eigenvalue weighted by Crippen LogP contribution is -2.28. The lowest BCUT2D eigenvalue weighted by molar-refractivity contribution is 0.0324. The molecule has 0 saturated carbocycles. The summed E-state index contributed by atoms with van der Waals surface area (Å²) in [6.45, 7) is 3.85. The minimum Gasteiger partial charge on any atom is -0.385 e. The predicted molar refractivity (Wildman–Crippen MR) is 80.5 cm³/mol. The monoisotopic (exact) mass is 292 g/mol. The molecule has 3 heteroatoms. The average molecular weight is 293 g/mol. The molecule has 0 aliphatic rings. The van der Waals surface area contributed by atoms with E-state index in [0.717, 1.165) is 11.1 Å². The van der Waals surface area contributed by atoms with Gasteiger partial charge in [-0.25, -0.2) is 4.39 Å². The molecule has 0 heterocycles. The number of hydrogen-bond donors (Lipinski definition) is 1. The molecule has 106 valence electrons. The third-order valence-corrected chi connectivity index (χ3v) is 3.99. The van der Waals surface area contributed by atoms with Crippen molar-refractivity contribution in [2.24, 2.45) is 0 Å². The molecule has 1 unspecified atom stereocenters. The molecular weight excluding hydrogens is 275 g/mol. The van der Waals surface area contributed by atoms with Gasteiger partial charge in [0, 0.05) is 11.4 Å². The molecule has 0 aromatic heterocycles. The molecule has 20 heavy (non-hydrogen) atoms. The summed E-state index contributed by atoms with van der Waals surface area (Å²) >= 11 is 6.23. The van der Waals surface area contributed by atoms with Crippen molar-refractivity contribution in [3.05, 3.63) is 70.0 Å². The number of halogens is 2. The predicted octanol–water partition coefficient (Wildman–Crippen LogP) is 4.63. The van der Waals surface area contributed by atoms with Crippen molar-refractivity contribution in [2.45, 2.75) is 32.3 Å². The van der Waals surface area contributed by atoms with Gasteiger partial charge in [-0.1, -0.05) is 42.8 Å². The van der Waals surface area contributed by atoms with E-state index in [2.05, 4.69) is 0 Å². The molecule has 1 atom stereocenters. The SMILES string of the molecule is CCC(O)(Cc1ccc(C)cc1Cl)c1cccc(F)c1. The molecule has 0 spiro atoms. The summed E-state index contributed by atoms with van der Waals surface area (Å²) in [4.78, 5) is 0. The molecule has 2 aromatic rings. The Morgan fingerprint density at radius 3 is 2.55 bits per heavy atom. The molecular formula is C17H18ClFO. The van der Waals surface area contributed by atoms with E-state index >= 15 is 0 Å². The van der Waals surface area contributed by atoms with Crippen LogP contribution in [0.1, 0.15) is 30.0 Å². The maximum absolute atomic E-state index is 13.4. The normalized spacial score (nSPS) is 14.1. The largest absolute Gasteiger partial charge is 0.385 e. The minimum absolute atomic E-state index is 0.343. The summed E-state index contributed by atoms with van der Waals surface area (Å²) in [5.74, 6) is -0.343. The first-order chi connectivity index (χ1) is 9.44. The van der Waals surface area contributed by atoms with E-state index in [-0.39, 0.29) is 5.82 Å². The number of rotatable bonds is 4. The fraction of sp³-hybridized carbons (Fsp3) is 0.294. The molecule has 2 rings (SSSR count). The van der Waals surface area contributed by atoms with Crippen LogP contribution >= 0.6 is 11.6 Å². The minimum atomic E-state index is -1.11. The van der Waals surface area contributed by atoms with E-state index in [4.69, 9.17) is 11.6 Å². The van der Waals surface area contributed by atoms with Gasteiger partial charge in [0.1, 0.15) is 5.82 Å². The van der Waals surface area contributed by atoms with Crippen molar-refractivity contribution < 1.29 is 9.50 Å². The third-order valence-electron chi connectivity index (χ3n) is 3.64. The van der Waals surface area contributed by atoms with Gasteiger partial charge in [-0.15, -0.1) is 0 Å². The van der Waals surface area contributed by atoms with Crippen LogP contribution < -0.4 is 0 Å². The van der Waals surface area contributed by atoms with E-state index in [1.165, 1.54) is 12.1 Å². The van der Waals surface area contributed by atoms with E-state index in [0.29, 0.717) is 23.4 Å². The highest BCUT2D eigenvalue weighted by Gasteiger charge is 2.28. The molecule has 0 aliphatic carbocycles. The summed E-state index contributed by atoms with van der Waals surface area (Å²) in [6, 6.07) is 11.9. The van der Waals surface area contributed by atoms with E-state index in [1.54, 1.807) is 12.1 Å². The summed E-state index contributed by atoms with van der Waals surface area (Å²) in [7, 11) is 0. The second-order valence-electron chi connectivity index (χ2n) is 5.17. The van der Waals surface area contributed by atoms with E-state index in [1.807, 2.05) is 32.0 Å².